The van der Waals surface area contributed by atoms with Crippen molar-refractivity contribution in [3.8, 4) is 6.07 Å². The number of hydrogen-bond acceptors (Lipinski definition) is 3. The lowest BCUT2D eigenvalue weighted by molar-refractivity contribution is -0.139. The number of carboxylic acids is 1. The Labute approximate surface area is 118 Å². The lowest BCUT2D eigenvalue weighted by atomic mass is 9.85. The van der Waals surface area contributed by atoms with Crippen LogP contribution in [0.5, 0.6) is 0 Å². The first-order valence-electron chi connectivity index (χ1n) is 6.30. The summed E-state index contributed by atoms with van der Waals surface area (Å²) in [6.45, 7) is 3.87. The van der Waals surface area contributed by atoms with Gasteiger partial charge in [-0.25, -0.2) is 0 Å². The van der Waals surface area contributed by atoms with Gasteiger partial charge in [-0.05, 0) is 23.1 Å². The molecule has 0 fully saturated rings. The van der Waals surface area contributed by atoms with Gasteiger partial charge in [-0.15, -0.1) is 0 Å². The molecule has 0 heterocycles. The molecule has 0 bridgehead atoms. The van der Waals surface area contributed by atoms with E-state index in [-0.39, 0.29) is 18.7 Å². The first-order chi connectivity index (χ1) is 9.32. The molecule has 0 unspecified atom stereocenters. The predicted molar refractivity (Wildman–Crippen MR) is 73.7 cm³/mol. The molecule has 0 aliphatic heterocycles. The Hall–Kier alpha value is -2.35. The normalized spacial score (nSPS) is 10.7. The van der Waals surface area contributed by atoms with Crippen molar-refractivity contribution in [1.82, 2.24) is 5.32 Å². The number of nitrogens with one attached hydrogen (secondary N) is 1. The van der Waals surface area contributed by atoms with Crippen LogP contribution < -0.4 is 5.32 Å². The van der Waals surface area contributed by atoms with Gasteiger partial charge in [0, 0.05) is 13.0 Å². The highest BCUT2D eigenvalue weighted by Crippen LogP contribution is 2.24. The number of carboxylic acid groups (broad SMARTS) is 1. The Kier molecular flexibility index (Phi) is 5.27. The topological polar surface area (TPSA) is 90.2 Å². The second-order valence-corrected chi connectivity index (χ2v) is 5.50. The zero-order valence-electron chi connectivity index (χ0n) is 11.6. The summed E-state index contributed by atoms with van der Waals surface area (Å²) in [7, 11) is 0. The Bertz CT molecular complexity index is 527. The van der Waals surface area contributed by atoms with Crippen LogP contribution in [0.3, 0.4) is 0 Å². The fourth-order valence-corrected chi connectivity index (χ4v) is 1.87. The summed E-state index contributed by atoms with van der Waals surface area (Å²) in [6, 6.07) is 8.96. The molecule has 0 aliphatic carbocycles. The molecule has 1 aromatic rings. The van der Waals surface area contributed by atoms with Crippen LogP contribution in [0.2, 0.25) is 0 Å². The van der Waals surface area contributed by atoms with E-state index in [0.29, 0.717) is 12.1 Å². The zero-order valence-corrected chi connectivity index (χ0v) is 11.6. The number of benzene rings is 1. The molecule has 0 aromatic heterocycles. The number of carbonyl (C=O) groups excluding carboxylic acids is 1. The maximum Gasteiger partial charge on any atom is 0.303 e. The van der Waals surface area contributed by atoms with Crippen LogP contribution in [0.25, 0.3) is 0 Å². The maximum absolute atomic E-state index is 11.8. The van der Waals surface area contributed by atoms with Gasteiger partial charge >= 0.3 is 5.97 Å². The van der Waals surface area contributed by atoms with Crippen LogP contribution in [0, 0.1) is 16.7 Å². The van der Waals surface area contributed by atoms with E-state index in [4.69, 9.17) is 10.4 Å². The zero-order chi connectivity index (χ0) is 15.2. The van der Waals surface area contributed by atoms with Crippen molar-refractivity contribution >= 4 is 11.9 Å². The van der Waals surface area contributed by atoms with Gasteiger partial charge in [-0.2, -0.15) is 5.26 Å². The van der Waals surface area contributed by atoms with Crippen molar-refractivity contribution in [1.29, 1.82) is 5.26 Å². The van der Waals surface area contributed by atoms with E-state index < -0.39 is 11.4 Å². The van der Waals surface area contributed by atoms with Crippen molar-refractivity contribution in [2.45, 2.75) is 33.2 Å². The van der Waals surface area contributed by atoms with Gasteiger partial charge in [0.2, 0.25) is 5.91 Å². The summed E-state index contributed by atoms with van der Waals surface area (Å²) in [5.74, 6) is -1.09. The minimum atomic E-state index is -0.908. The smallest absolute Gasteiger partial charge is 0.303 e. The van der Waals surface area contributed by atoms with E-state index in [1.807, 2.05) is 6.07 Å². The molecule has 0 aliphatic rings. The van der Waals surface area contributed by atoms with Gasteiger partial charge < -0.3 is 10.4 Å². The minimum absolute atomic E-state index is 0.0444. The van der Waals surface area contributed by atoms with Crippen LogP contribution in [-0.2, 0) is 16.1 Å². The van der Waals surface area contributed by atoms with Gasteiger partial charge in [-0.1, -0.05) is 26.0 Å². The predicted octanol–water partition coefficient (Wildman–Crippen LogP) is 2.07. The average Bonchev–Trinajstić information content (AvgIpc) is 2.34. The Morgan fingerprint density at radius 1 is 1.25 bits per heavy atom. The lowest BCUT2D eigenvalue weighted by Crippen LogP contribution is -2.29. The summed E-state index contributed by atoms with van der Waals surface area (Å²) in [5, 5.41) is 20.2. The van der Waals surface area contributed by atoms with Gasteiger partial charge in [0.05, 0.1) is 18.1 Å². The van der Waals surface area contributed by atoms with E-state index in [9.17, 15) is 9.59 Å². The molecule has 0 spiro atoms. The second-order valence-electron chi connectivity index (χ2n) is 5.50. The van der Waals surface area contributed by atoms with E-state index in [2.05, 4.69) is 5.32 Å². The average molecular weight is 274 g/mol. The van der Waals surface area contributed by atoms with Crippen LogP contribution in [0.15, 0.2) is 24.3 Å². The molecule has 1 rings (SSSR count). The standard InChI is InChI=1S/C15H18N2O3/c1-15(2,8-14(19)20)7-13(18)17-10-12-5-3-11(9-16)4-6-12/h3-6H,7-8,10H2,1-2H3,(H,17,18)(H,19,20). The van der Waals surface area contributed by atoms with Gasteiger partial charge in [0.25, 0.3) is 0 Å². The Morgan fingerprint density at radius 3 is 2.35 bits per heavy atom. The maximum atomic E-state index is 11.8. The van der Waals surface area contributed by atoms with Gasteiger partial charge in [0.15, 0.2) is 0 Å². The van der Waals surface area contributed by atoms with Crippen LogP contribution in [0.1, 0.15) is 37.8 Å². The third-order valence-electron chi connectivity index (χ3n) is 2.84. The molecule has 20 heavy (non-hydrogen) atoms. The van der Waals surface area contributed by atoms with E-state index >= 15 is 0 Å². The quantitative estimate of drug-likeness (QED) is 0.830. The van der Waals surface area contributed by atoms with E-state index in [0.717, 1.165) is 5.56 Å². The van der Waals surface area contributed by atoms with Crippen molar-refractivity contribution in [2.24, 2.45) is 5.41 Å². The summed E-state index contributed by atoms with van der Waals surface area (Å²) in [4.78, 5) is 22.5. The molecule has 0 saturated carbocycles. The number of amides is 1. The molecular formula is C15H18N2O3. The van der Waals surface area contributed by atoms with E-state index in [1.165, 1.54) is 0 Å². The van der Waals surface area contributed by atoms with Crippen molar-refractivity contribution in [3.63, 3.8) is 0 Å². The summed E-state index contributed by atoms with van der Waals surface area (Å²) >= 11 is 0. The summed E-state index contributed by atoms with van der Waals surface area (Å²) in [6.07, 6.45) is 0.118. The number of carbonyl (C=O) groups is 2. The summed E-state index contributed by atoms with van der Waals surface area (Å²) < 4.78 is 0. The number of rotatable bonds is 6. The first kappa shape index (κ1) is 15.7. The highest BCUT2D eigenvalue weighted by molar-refractivity contribution is 5.77. The Morgan fingerprint density at radius 2 is 1.85 bits per heavy atom. The third kappa shape index (κ3) is 5.53. The van der Waals surface area contributed by atoms with Crippen molar-refractivity contribution in [2.75, 3.05) is 0 Å². The third-order valence-corrected chi connectivity index (χ3v) is 2.84. The lowest BCUT2D eigenvalue weighted by Gasteiger charge is -2.21. The number of nitrogens with zero attached hydrogens (tertiary/aromatic N) is 1. The van der Waals surface area contributed by atoms with Crippen molar-refractivity contribution < 1.29 is 14.7 Å². The number of hydrogen-bond donors (Lipinski definition) is 2. The molecule has 106 valence electrons. The molecule has 0 atom stereocenters. The molecule has 2 N–H and O–H groups in total. The molecular weight excluding hydrogens is 256 g/mol. The second kappa shape index (κ2) is 6.71. The van der Waals surface area contributed by atoms with E-state index in [1.54, 1.807) is 38.1 Å². The number of nitriles is 1. The van der Waals surface area contributed by atoms with Crippen LogP contribution in [0.4, 0.5) is 0 Å². The summed E-state index contributed by atoms with van der Waals surface area (Å²) in [5.41, 5.74) is 0.900. The highest BCUT2D eigenvalue weighted by Gasteiger charge is 2.24. The highest BCUT2D eigenvalue weighted by atomic mass is 16.4. The molecule has 5 heteroatoms. The number of aliphatic carboxylic acids is 1. The van der Waals surface area contributed by atoms with Crippen LogP contribution >= 0.6 is 0 Å². The first-order valence-corrected chi connectivity index (χ1v) is 6.30. The molecule has 0 saturated heterocycles. The SMILES string of the molecule is CC(C)(CC(=O)O)CC(=O)NCc1ccc(C#N)cc1. The largest absolute Gasteiger partial charge is 0.481 e. The van der Waals surface area contributed by atoms with Gasteiger partial charge in [-0.3, -0.25) is 9.59 Å². The van der Waals surface area contributed by atoms with Crippen molar-refractivity contribution in [3.05, 3.63) is 35.4 Å². The molecule has 1 amide bonds. The monoisotopic (exact) mass is 274 g/mol. The molecule has 0 radical (unpaired) electrons. The molecule has 1 aromatic carbocycles. The fourth-order valence-electron chi connectivity index (χ4n) is 1.87. The Balaban J connectivity index is 2.47. The minimum Gasteiger partial charge on any atom is -0.481 e. The fraction of sp³-hybridized carbons (Fsp3) is 0.400. The van der Waals surface area contributed by atoms with Gasteiger partial charge in [0.1, 0.15) is 0 Å². The van der Waals surface area contributed by atoms with Crippen LogP contribution in [-0.4, -0.2) is 17.0 Å². The molecule has 5 nitrogen and oxygen atoms in total.